The van der Waals surface area contributed by atoms with Gasteiger partial charge in [0, 0.05) is 6.61 Å². The molecule has 1 aromatic carbocycles. The number of aliphatic hydroxyl groups excluding tert-OH is 1. The second-order valence-corrected chi connectivity index (χ2v) is 4.21. The predicted molar refractivity (Wildman–Crippen MR) is 73.4 cm³/mol. The van der Waals surface area contributed by atoms with Crippen LogP contribution in [0.2, 0.25) is 0 Å². The Labute approximate surface area is 117 Å². The number of hydrogen-bond donors (Lipinski definition) is 2. The van der Waals surface area contributed by atoms with Crippen molar-refractivity contribution in [3.05, 3.63) is 36.2 Å². The molecule has 0 atom stereocenters. The number of nitrogens with one attached hydrogen (secondary N) is 1. The summed E-state index contributed by atoms with van der Waals surface area (Å²) in [7, 11) is 0. The van der Waals surface area contributed by atoms with E-state index in [9.17, 15) is 0 Å². The standard InChI is InChI=1S/C13H19N5O2/c19-8-10-20-9-4-7-14-11-13-15-16-17-18(13)12-5-2-1-3-6-12/h1-3,5-6,14,19H,4,7-11H2. The zero-order valence-electron chi connectivity index (χ0n) is 11.3. The van der Waals surface area contributed by atoms with Gasteiger partial charge in [0.1, 0.15) is 0 Å². The maximum absolute atomic E-state index is 8.57. The minimum Gasteiger partial charge on any atom is -0.394 e. The number of ether oxygens (including phenoxy) is 1. The normalized spacial score (nSPS) is 10.8. The Hall–Kier alpha value is -1.83. The molecule has 0 aliphatic rings. The number of hydrogen-bond acceptors (Lipinski definition) is 6. The van der Waals surface area contributed by atoms with Crippen LogP contribution in [-0.2, 0) is 11.3 Å². The van der Waals surface area contributed by atoms with Crippen molar-refractivity contribution in [2.24, 2.45) is 0 Å². The lowest BCUT2D eigenvalue weighted by Crippen LogP contribution is -2.19. The largest absolute Gasteiger partial charge is 0.394 e. The molecule has 0 unspecified atom stereocenters. The fourth-order valence-corrected chi connectivity index (χ4v) is 1.75. The molecule has 2 rings (SSSR count). The van der Waals surface area contributed by atoms with Gasteiger partial charge in [0.15, 0.2) is 5.82 Å². The van der Waals surface area contributed by atoms with Crippen molar-refractivity contribution in [3.8, 4) is 5.69 Å². The first-order chi connectivity index (χ1) is 9.92. The summed E-state index contributed by atoms with van der Waals surface area (Å²) >= 11 is 0. The van der Waals surface area contributed by atoms with E-state index in [1.807, 2.05) is 30.3 Å². The van der Waals surface area contributed by atoms with Gasteiger partial charge in [-0.25, -0.2) is 0 Å². The molecule has 0 saturated heterocycles. The maximum atomic E-state index is 8.57. The molecule has 0 aliphatic carbocycles. The Morgan fingerprint density at radius 1 is 1.20 bits per heavy atom. The van der Waals surface area contributed by atoms with E-state index in [0.29, 0.717) is 19.8 Å². The molecule has 0 saturated carbocycles. The van der Waals surface area contributed by atoms with Crippen LogP contribution in [-0.4, -0.2) is 51.7 Å². The van der Waals surface area contributed by atoms with E-state index in [1.165, 1.54) is 0 Å². The van der Waals surface area contributed by atoms with Crippen molar-refractivity contribution in [2.45, 2.75) is 13.0 Å². The summed E-state index contributed by atoms with van der Waals surface area (Å²) in [5, 5.41) is 23.5. The van der Waals surface area contributed by atoms with Gasteiger partial charge >= 0.3 is 0 Å². The third-order valence-corrected chi connectivity index (χ3v) is 2.70. The zero-order valence-corrected chi connectivity index (χ0v) is 11.3. The van der Waals surface area contributed by atoms with Gasteiger partial charge in [-0.15, -0.1) is 5.10 Å². The molecule has 1 aromatic heterocycles. The molecular weight excluding hydrogens is 258 g/mol. The van der Waals surface area contributed by atoms with Gasteiger partial charge in [-0.3, -0.25) is 0 Å². The third kappa shape index (κ3) is 4.37. The number of nitrogens with zero attached hydrogens (tertiary/aromatic N) is 4. The van der Waals surface area contributed by atoms with E-state index in [4.69, 9.17) is 9.84 Å². The average Bonchev–Trinajstić information content (AvgIpc) is 2.96. The number of rotatable bonds is 9. The molecule has 0 radical (unpaired) electrons. The van der Waals surface area contributed by atoms with E-state index >= 15 is 0 Å². The Bertz CT molecular complexity index is 489. The Kier molecular flexibility index (Phi) is 6.09. The van der Waals surface area contributed by atoms with E-state index in [2.05, 4.69) is 20.8 Å². The van der Waals surface area contributed by atoms with Crippen molar-refractivity contribution < 1.29 is 9.84 Å². The van der Waals surface area contributed by atoms with Crippen molar-refractivity contribution in [1.82, 2.24) is 25.5 Å². The second kappa shape index (κ2) is 8.36. The molecule has 7 nitrogen and oxygen atoms in total. The molecule has 0 amide bonds. The average molecular weight is 277 g/mol. The van der Waals surface area contributed by atoms with Crippen LogP contribution in [0.25, 0.3) is 5.69 Å². The quantitative estimate of drug-likeness (QED) is 0.635. The lowest BCUT2D eigenvalue weighted by molar-refractivity contribution is 0.0907. The highest BCUT2D eigenvalue weighted by Crippen LogP contribution is 2.06. The molecule has 7 heteroatoms. The first-order valence-corrected chi connectivity index (χ1v) is 6.64. The van der Waals surface area contributed by atoms with Crippen LogP contribution in [0.3, 0.4) is 0 Å². The Morgan fingerprint density at radius 2 is 2.05 bits per heavy atom. The monoisotopic (exact) mass is 277 g/mol. The van der Waals surface area contributed by atoms with Crippen LogP contribution in [0.1, 0.15) is 12.2 Å². The minimum absolute atomic E-state index is 0.0687. The number of para-hydroxylation sites is 1. The van der Waals surface area contributed by atoms with Gasteiger partial charge in [-0.1, -0.05) is 18.2 Å². The van der Waals surface area contributed by atoms with Crippen molar-refractivity contribution in [3.63, 3.8) is 0 Å². The topological polar surface area (TPSA) is 85.1 Å². The Balaban J connectivity index is 1.76. The highest BCUT2D eigenvalue weighted by atomic mass is 16.5. The first-order valence-electron chi connectivity index (χ1n) is 6.64. The van der Waals surface area contributed by atoms with Crippen LogP contribution >= 0.6 is 0 Å². The first kappa shape index (κ1) is 14.6. The summed E-state index contributed by atoms with van der Waals surface area (Å²) in [4.78, 5) is 0. The SMILES string of the molecule is OCCOCCCNCc1nnnn1-c1ccccc1. The summed E-state index contributed by atoms with van der Waals surface area (Å²) in [6, 6.07) is 9.78. The summed E-state index contributed by atoms with van der Waals surface area (Å²) in [5.41, 5.74) is 0.945. The molecule has 20 heavy (non-hydrogen) atoms. The smallest absolute Gasteiger partial charge is 0.170 e. The van der Waals surface area contributed by atoms with Crippen LogP contribution in [0.5, 0.6) is 0 Å². The van der Waals surface area contributed by atoms with Crippen LogP contribution < -0.4 is 5.32 Å². The van der Waals surface area contributed by atoms with Gasteiger partial charge < -0.3 is 15.2 Å². The predicted octanol–water partition coefficient (Wildman–Crippen LogP) is 0.151. The molecule has 0 fully saturated rings. The number of aromatic nitrogens is 4. The summed E-state index contributed by atoms with van der Waals surface area (Å²) < 4.78 is 6.90. The molecule has 2 N–H and O–H groups in total. The number of aliphatic hydroxyl groups is 1. The van der Waals surface area contributed by atoms with Crippen molar-refractivity contribution >= 4 is 0 Å². The van der Waals surface area contributed by atoms with Crippen LogP contribution in [0.4, 0.5) is 0 Å². The fraction of sp³-hybridized carbons (Fsp3) is 0.462. The van der Waals surface area contributed by atoms with E-state index < -0.39 is 0 Å². The van der Waals surface area contributed by atoms with Gasteiger partial charge in [-0.2, -0.15) is 4.68 Å². The van der Waals surface area contributed by atoms with Crippen molar-refractivity contribution in [2.75, 3.05) is 26.4 Å². The van der Waals surface area contributed by atoms with Gasteiger partial charge in [-0.05, 0) is 35.5 Å². The molecule has 2 aromatic rings. The molecule has 0 aliphatic heterocycles. The van der Waals surface area contributed by atoms with Crippen molar-refractivity contribution in [1.29, 1.82) is 0 Å². The number of benzene rings is 1. The van der Waals surface area contributed by atoms with Crippen LogP contribution in [0.15, 0.2) is 30.3 Å². The fourth-order valence-electron chi connectivity index (χ4n) is 1.75. The van der Waals surface area contributed by atoms with E-state index in [1.54, 1.807) is 4.68 Å². The minimum atomic E-state index is 0.0687. The molecule has 0 spiro atoms. The van der Waals surface area contributed by atoms with Gasteiger partial charge in [0.25, 0.3) is 0 Å². The summed E-state index contributed by atoms with van der Waals surface area (Å²) in [6.45, 7) is 2.51. The molecule has 108 valence electrons. The highest BCUT2D eigenvalue weighted by Gasteiger charge is 2.06. The van der Waals surface area contributed by atoms with E-state index in [-0.39, 0.29) is 6.61 Å². The highest BCUT2D eigenvalue weighted by molar-refractivity contribution is 5.30. The number of tetrazole rings is 1. The molecular formula is C13H19N5O2. The summed E-state index contributed by atoms with van der Waals surface area (Å²) in [6.07, 6.45) is 0.882. The zero-order chi connectivity index (χ0) is 14.0. The van der Waals surface area contributed by atoms with Gasteiger partial charge in [0.2, 0.25) is 0 Å². The summed E-state index contributed by atoms with van der Waals surface area (Å²) in [5.74, 6) is 0.771. The maximum Gasteiger partial charge on any atom is 0.170 e. The lowest BCUT2D eigenvalue weighted by atomic mass is 10.3. The third-order valence-electron chi connectivity index (χ3n) is 2.70. The molecule has 0 bridgehead atoms. The second-order valence-electron chi connectivity index (χ2n) is 4.21. The lowest BCUT2D eigenvalue weighted by Gasteiger charge is -2.06. The molecule has 1 heterocycles. The van der Waals surface area contributed by atoms with Gasteiger partial charge in [0.05, 0.1) is 25.4 Å². The Morgan fingerprint density at radius 3 is 2.85 bits per heavy atom. The van der Waals surface area contributed by atoms with Crippen LogP contribution in [0, 0.1) is 0 Å². The van der Waals surface area contributed by atoms with E-state index in [0.717, 1.165) is 24.5 Å².